The average molecular weight is 229 g/mol. The molecule has 0 unspecified atom stereocenters. The van der Waals surface area contributed by atoms with Crippen LogP contribution in [-0.2, 0) is 9.53 Å². The Morgan fingerprint density at radius 2 is 2.29 bits per heavy atom. The van der Waals surface area contributed by atoms with Gasteiger partial charge < -0.3 is 4.74 Å². The number of halogens is 3. The maximum Gasteiger partial charge on any atom is 0.413 e. The lowest BCUT2D eigenvalue weighted by Crippen LogP contribution is -2.43. The lowest BCUT2D eigenvalue weighted by atomic mass is 10.3. The largest absolute Gasteiger partial charge is 0.465 e. The molecule has 1 rings (SSSR count). The second-order valence-corrected chi connectivity index (χ2v) is 3.86. The molecule has 1 aliphatic rings. The van der Waals surface area contributed by atoms with E-state index in [1.807, 2.05) is 0 Å². The van der Waals surface area contributed by atoms with E-state index in [0.717, 1.165) is 0 Å². The number of hydrogen-bond acceptors (Lipinski definition) is 4. The topological polar surface area (TPSA) is 38.3 Å². The SMILES string of the molecule is CCOC(=O)[C@@H]1CS[C@@H](C(F)(F)F)N1. The van der Waals surface area contributed by atoms with E-state index in [4.69, 9.17) is 0 Å². The summed E-state index contributed by atoms with van der Waals surface area (Å²) >= 11 is 0.675. The number of rotatable bonds is 2. The molecule has 1 saturated heterocycles. The zero-order chi connectivity index (χ0) is 10.8. The molecule has 1 heterocycles. The van der Waals surface area contributed by atoms with Crippen LogP contribution >= 0.6 is 11.8 Å². The highest BCUT2D eigenvalue weighted by molar-refractivity contribution is 8.00. The van der Waals surface area contributed by atoms with Crippen LogP contribution in [0.2, 0.25) is 0 Å². The Bertz CT molecular complexity index is 221. The fraction of sp³-hybridized carbons (Fsp3) is 0.857. The van der Waals surface area contributed by atoms with Gasteiger partial charge in [0, 0.05) is 5.75 Å². The third kappa shape index (κ3) is 2.78. The minimum Gasteiger partial charge on any atom is -0.465 e. The number of thioether (sulfide) groups is 1. The number of nitrogens with one attached hydrogen (secondary N) is 1. The van der Waals surface area contributed by atoms with Gasteiger partial charge in [0.2, 0.25) is 0 Å². The maximum atomic E-state index is 12.1. The third-order valence-electron chi connectivity index (χ3n) is 1.65. The summed E-state index contributed by atoms with van der Waals surface area (Å²) in [5.41, 5.74) is 0. The highest BCUT2D eigenvalue weighted by atomic mass is 32.2. The van der Waals surface area contributed by atoms with Gasteiger partial charge in [0.15, 0.2) is 5.37 Å². The molecule has 14 heavy (non-hydrogen) atoms. The predicted molar refractivity (Wildman–Crippen MR) is 45.9 cm³/mol. The van der Waals surface area contributed by atoms with E-state index in [1.165, 1.54) is 0 Å². The van der Waals surface area contributed by atoms with Crippen LogP contribution in [0.3, 0.4) is 0 Å². The minimum absolute atomic E-state index is 0.100. The molecule has 7 heteroatoms. The van der Waals surface area contributed by atoms with E-state index in [1.54, 1.807) is 6.92 Å². The summed E-state index contributed by atoms with van der Waals surface area (Å²) in [6.45, 7) is 1.79. The van der Waals surface area contributed by atoms with Gasteiger partial charge in [-0.2, -0.15) is 13.2 Å². The van der Waals surface area contributed by atoms with Crippen molar-refractivity contribution in [2.24, 2.45) is 0 Å². The van der Waals surface area contributed by atoms with Crippen molar-refractivity contribution in [1.29, 1.82) is 0 Å². The summed E-state index contributed by atoms with van der Waals surface area (Å²) in [6, 6.07) is -0.841. The Hall–Kier alpha value is -0.430. The van der Waals surface area contributed by atoms with E-state index >= 15 is 0 Å². The van der Waals surface area contributed by atoms with Crippen LogP contribution in [0.4, 0.5) is 13.2 Å². The van der Waals surface area contributed by atoms with Gasteiger partial charge in [-0.3, -0.25) is 10.1 Å². The van der Waals surface area contributed by atoms with E-state index < -0.39 is 23.6 Å². The van der Waals surface area contributed by atoms with Gasteiger partial charge in [-0.05, 0) is 6.92 Å². The molecule has 1 N–H and O–H groups in total. The molecule has 0 spiro atoms. The smallest absolute Gasteiger partial charge is 0.413 e. The second kappa shape index (κ2) is 4.39. The quantitative estimate of drug-likeness (QED) is 0.721. The zero-order valence-electron chi connectivity index (χ0n) is 7.43. The van der Waals surface area contributed by atoms with Crippen molar-refractivity contribution < 1.29 is 22.7 Å². The fourth-order valence-corrected chi connectivity index (χ4v) is 2.11. The van der Waals surface area contributed by atoms with Crippen molar-refractivity contribution >= 4 is 17.7 Å². The van der Waals surface area contributed by atoms with Gasteiger partial charge in [0.25, 0.3) is 0 Å². The predicted octanol–water partition coefficient (Wildman–Crippen LogP) is 1.14. The highest BCUT2D eigenvalue weighted by Gasteiger charge is 2.46. The van der Waals surface area contributed by atoms with Gasteiger partial charge in [-0.25, -0.2) is 0 Å². The molecular weight excluding hydrogens is 219 g/mol. The van der Waals surface area contributed by atoms with Gasteiger partial charge in [-0.15, -0.1) is 11.8 Å². The van der Waals surface area contributed by atoms with Crippen molar-refractivity contribution in [2.75, 3.05) is 12.4 Å². The molecule has 0 aliphatic carbocycles. The molecule has 0 saturated carbocycles. The molecule has 0 amide bonds. The summed E-state index contributed by atoms with van der Waals surface area (Å²) in [5, 5.41) is 0.523. The number of carbonyl (C=O) groups excluding carboxylic acids is 1. The molecule has 0 aromatic rings. The van der Waals surface area contributed by atoms with Crippen molar-refractivity contribution in [2.45, 2.75) is 24.5 Å². The maximum absolute atomic E-state index is 12.1. The molecule has 0 bridgehead atoms. The van der Waals surface area contributed by atoms with Gasteiger partial charge in [0.1, 0.15) is 6.04 Å². The van der Waals surface area contributed by atoms with Crippen LogP contribution in [-0.4, -0.2) is 35.9 Å². The zero-order valence-corrected chi connectivity index (χ0v) is 8.24. The van der Waals surface area contributed by atoms with Crippen LogP contribution in [0.25, 0.3) is 0 Å². The van der Waals surface area contributed by atoms with Crippen LogP contribution in [0.15, 0.2) is 0 Å². The molecule has 1 fully saturated rings. The van der Waals surface area contributed by atoms with Gasteiger partial charge in [-0.1, -0.05) is 0 Å². The minimum atomic E-state index is -4.31. The summed E-state index contributed by atoms with van der Waals surface area (Å²) < 4.78 is 41.0. The number of ether oxygens (including phenoxy) is 1. The molecule has 82 valence electrons. The van der Waals surface area contributed by atoms with E-state index in [0.29, 0.717) is 11.8 Å². The second-order valence-electron chi connectivity index (χ2n) is 2.73. The van der Waals surface area contributed by atoms with Crippen LogP contribution < -0.4 is 5.32 Å². The summed E-state index contributed by atoms with van der Waals surface area (Å²) in [7, 11) is 0. The first kappa shape index (κ1) is 11.6. The normalized spacial score (nSPS) is 27.7. The number of alkyl halides is 3. The lowest BCUT2D eigenvalue weighted by molar-refractivity contribution is -0.148. The monoisotopic (exact) mass is 229 g/mol. The fourth-order valence-electron chi connectivity index (χ4n) is 1.04. The van der Waals surface area contributed by atoms with Crippen LogP contribution in [0.1, 0.15) is 6.92 Å². The van der Waals surface area contributed by atoms with Crippen molar-refractivity contribution in [3.63, 3.8) is 0 Å². The standard InChI is InChI=1S/C7H10F3NO2S/c1-2-13-5(12)4-3-14-6(11-4)7(8,9)10/h4,6,11H,2-3H2,1H3/t4-,6-/m0/s1. The van der Waals surface area contributed by atoms with E-state index in [9.17, 15) is 18.0 Å². The van der Waals surface area contributed by atoms with E-state index in [-0.39, 0.29) is 12.4 Å². The Morgan fingerprint density at radius 3 is 2.71 bits per heavy atom. The van der Waals surface area contributed by atoms with Gasteiger partial charge >= 0.3 is 12.1 Å². The molecule has 2 atom stereocenters. The third-order valence-corrected chi connectivity index (χ3v) is 2.91. The first-order valence-corrected chi connectivity index (χ1v) is 5.11. The Morgan fingerprint density at radius 1 is 1.64 bits per heavy atom. The first-order valence-electron chi connectivity index (χ1n) is 4.06. The van der Waals surface area contributed by atoms with E-state index in [2.05, 4.69) is 10.1 Å². The molecular formula is C7H10F3NO2S. The molecule has 0 aromatic carbocycles. The van der Waals surface area contributed by atoms with Crippen molar-refractivity contribution in [3.8, 4) is 0 Å². The molecule has 3 nitrogen and oxygen atoms in total. The first-order chi connectivity index (χ1) is 6.45. The Balaban J connectivity index is 2.45. The summed E-state index contributed by atoms with van der Waals surface area (Å²) in [5.74, 6) is -0.519. The average Bonchev–Trinajstić information content (AvgIpc) is 2.51. The van der Waals surface area contributed by atoms with Crippen molar-refractivity contribution in [3.05, 3.63) is 0 Å². The Labute approximate surface area is 83.4 Å². The number of carbonyl (C=O) groups is 1. The molecule has 0 aromatic heterocycles. The summed E-state index contributed by atoms with van der Waals surface area (Å²) in [6.07, 6.45) is -4.31. The number of hydrogen-bond donors (Lipinski definition) is 1. The lowest BCUT2D eigenvalue weighted by Gasteiger charge is -2.15. The number of esters is 1. The van der Waals surface area contributed by atoms with Gasteiger partial charge in [0.05, 0.1) is 6.61 Å². The van der Waals surface area contributed by atoms with Crippen molar-refractivity contribution in [1.82, 2.24) is 5.32 Å². The van der Waals surface area contributed by atoms with Crippen LogP contribution in [0, 0.1) is 0 Å². The Kier molecular flexibility index (Phi) is 3.65. The highest BCUT2D eigenvalue weighted by Crippen LogP contribution is 2.33. The summed E-state index contributed by atoms with van der Waals surface area (Å²) in [4.78, 5) is 11.1. The molecule has 1 aliphatic heterocycles. The van der Waals surface area contributed by atoms with Crippen LogP contribution in [0.5, 0.6) is 0 Å². The molecule has 0 radical (unpaired) electrons.